The number of ether oxygens (including phenoxy) is 1. The van der Waals surface area contributed by atoms with Gasteiger partial charge in [-0.2, -0.15) is 5.10 Å². The zero-order chi connectivity index (χ0) is 16.7. The third kappa shape index (κ3) is 5.42. The second-order valence-corrected chi connectivity index (χ2v) is 5.78. The molecule has 0 aliphatic carbocycles. The standard InChI is InChI=1S/C18H19ClN2O2/c1-13(2)18(22)21-20-11-15-5-3-4-6-17(15)23-12-14-7-9-16(19)10-8-14/h3-11,13H,12H2,1-2H3,(H,21,22). The summed E-state index contributed by atoms with van der Waals surface area (Å²) >= 11 is 5.87. The van der Waals surface area contributed by atoms with Crippen molar-refractivity contribution in [3.8, 4) is 5.75 Å². The number of benzene rings is 2. The Morgan fingerprint density at radius 1 is 1.22 bits per heavy atom. The van der Waals surface area contributed by atoms with Crippen molar-refractivity contribution in [1.82, 2.24) is 5.43 Å². The number of nitrogens with zero attached hydrogens (tertiary/aromatic N) is 1. The fourth-order valence-electron chi connectivity index (χ4n) is 1.75. The molecular formula is C18H19ClN2O2. The molecule has 5 heteroatoms. The van der Waals surface area contributed by atoms with Crippen molar-refractivity contribution >= 4 is 23.7 Å². The second kappa shape index (κ2) is 8.34. The summed E-state index contributed by atoms with van der Waals surface area (Å²) in [4.78, 5) is 11.5. The minimum Gasteiger partial charge on any atom is -0.488 e. The molecule has 2 aromatic carbocycles. The molecule has 0 heterocycles. The normalized spacial score (nSPS) is 11.0. The van der Waals surface area contributed by atoms with Gasteiger partial charge in [0.2, 0.25) is 5.91 Å². The second-order valence-electron chi connectivity index (χ2n) is 5.34. The van der Waals surface area contributed by atoms with Crippen molar-refractivity contribution in [1.29, 1.82) is 0 Å². The number of rotatable bonds is 6. The van der Waals surface area contributed by atoms with Gasteiger partial charge in [-0.3, -0.25) is 4.79 Å². The Hall–Kier alpha value is -2.33. The molecule has 120 valence electrons. The van der Waals surface area contributed by atoms with Crippen LogP contribution in [0.4, 0.5) is 0 Å². The molecule has 4 nitrogen and oxygen atoms in total. The molecule has 0 radical (unpaired) electrons. The van der Waals surface area contributed by atoms with E-state index in [1.54, 1.807) is 6.21 Å². The molecule has 0 saturated heterocycles. The van der Waals surface area contributed by atoms with E-state index in [4.69, 9.17) is 16.3 Å². The van der Waals surface area contributed by atoms with Gasteiger partial charge in [-0.25, -0.2) is 5.43 Å². The highest BCUT2D eigenvalue weighted by Gasteiger charge is 2.05. The Bertz CT molecular complexity index is 682. The van der Waals surface area contributed by atoms with Crippen molar-refractivity contribution in [2.24, 2.45) is 11.0 Å². The summed E-state index contributed by atoms with van der Waals surface area (Å²) in [6, 6.07) is 15.0. The van der Waals surface area contributed by atoms with Gasteiger partial charge >= 0.3 is 0 Å². The molecular weight excluding hydrogens is 312 g/mol. The molecule has 0 aromatic heterocycles. The van der Waals surface area contributed by atoms with Crippen molar-refractivity contribution in [3.63, 3.8) is 0 Å². The van der Waals surface area contributed by atoms with Crippen molar-refractivity contribution in [2.45, 2.75) is 20.5 Å². The van der Waals surface area contributed by atoms with Crippen LogP contribution in [-0.4, -0.2) is 12.1 Å². The Labute approximate surface area is 141 Å². The molecule has 0 saturated carbocycles. The summed E-state index contributed by atoms with van der Waals surface area (Å²) in [5, 5.41) is 4.66. The van der Waals surface area contributed by atoms with Gasteiger partial charge in [0.15, 0.2) is 0 Å². The van der Waals surface area contributed by atoms with E-state index in [-0.39, 0.29) is 11.8 Å². The van der Waals surface area contributed by atoms with E-state index in [9.17, 15) is 4.79 Å². The van der Waals surface area contributed by atoms with Crippen molar-refractivity contribution < 1.29 is 9.53 Å². The van der Waals surface area contributed by atoms with Gasteiger partial charge in [0.25, 0.3) is 0 Å². The average molecular weight is 331 g/mol. The van der Waals surface area contributed by atoms with Crippen LogP contribution in [0.25, 0.3) is 0 Å². The first-order valence-corrected chi connectivity index (χ1v) is 7.73. The molecule has 0 aliphatic rings. The summed E-state index contributed by atoms with van der Waals surface area (Å²) in [6.07, 6.45) is 1.58. The predicted octanol–water partition coefficient (Wildman–Crippen LogP) is 4.03. The lowest BCUT2D eigenvalue weighted by molar-refractivity contribution is -0.123. The largest absolute Gasteiger partial charge is 0.488 e. The van der Waals surface area contributed by atoms with Crippen LogP contribution in [0.1, 0.15) is 25.0 Å². The first-order chi connectivity index (χ1) is 11.1. The molecule has 0 aliphatic heterocycles. The Morgan fingerprint density at radius 2 is 1.91 bits per heavy atom. The van der Waals surface area contributed by atoms with Crippen LogP contribution >= 0.6 is 11.6 Å². The number of para-hydroxylation sites is 1. The maximum absolute atomic E-state index is 11.5. The fraction of sp³-hybridized carbons (Fsp3) is 0.222. The number of hydrogen-bond donors (Lipinski definition) is 1. The quantitative estimate of drug-likeness (QED) is 0.642. The topological polar surface area (TPSA) is 50.7 Å². The molecule has 0 bridgehead atoms. The van der Waals surface area contributed by atoms with Crippen molar-refractivity contribution in [2.75, 3.05) is 0 Å². The Balaban J connectivity index is 2.01. The Kier molecular flexibility index (Phi) is 6.18. The Morgan fingerprint density at radius 3 is 2.61 bits per heavy atom. The predicted molar refractivity (Wildman–Crippen MR) is 92.8 cm³/mol. The third-order valence-electron chi connectivity index (χ3n) is 3.13. The average Bonchev–Trinajstić information content (AvgIpc) is 2.55. The van der Waals surface area contributed by atoms with E-state index in [2.05, 4.69) is 10.5 Å². The molecule has 0 atom stereocenters. The minimum absolute atomic E-state index is 0.108. The number of carbonyl (C=O) groups excluding carboxylic acids is 1. The van der Waals surface area contributed by atoms with Gasteiger partial charge in [-0.1, -0.05) is 49.7 Å². The number of halogens is 1. The highest BCUT2D eigenvalue weighted by atomic mass is 35.5. The smallest absolute Gasteiger partial charge is 0.242 e. The molecule has 2 rings (SSSR count). The van der Waals surface area contributed by atoms with Crippen LogP contribution in [0.3, 0.4) is 0 Å². The number of carbonyl (C=O) groups is 1. The summed E-state index contributed by atoms with van der Waals surface area (Å²) in [7, 11) is 0. The molecule has 23 heavy (non-hydrogen) atoms. The number of amides is 1. The lowest BCUT2D eigenvalue weighted by atomic mass is 10.2. The number of nitrogens with one attached hydrogen (secondary N) is 1. The van der Waals surface area contributed by atoms with E-state index < -0.39 is 0 Å². The van der Waals surface area contributed by atoms with E-state index in [0.717, 1.165) is 11.1 Å². The van der Waals surface area contributed by atoms with Crippen LogP contribution in [-0.2, 0) is 11.4 Å². The van der Waals surface area contributed by atoms with Crippen LogP contribution in [0.15, 0.2) is 53.6 Å². The SMILES string of the molecule is CC(C)C(=O)NN=Cc1ccccc1OCc1ccc(Cl)cc1. The number of hydrazone groups is 1. The zero-order valence-corrected chi connectivity index (χ0v) is 13.9. The minimum atomic E-state index is -0.124. The van der Waals surface area contributed by atoms with Gasteiger partial charge < -0.3 is 4.74 Å². The summed E-state index contributed by atoms with van der Waals surface area (Å²) in [5.74, 6) is 0.467. The summed E-state index contributed by atoms with van der Waals surface area (Å²) < 4.78 is 5.82. The van der Waals surface area contributed by atoms with Crippen LogP contribution in [0, 0.1) is 5.92 Å². The monoisotopic (exact) mass is 330 g/mol. The van der Waals surface area contributed by atoms with Gasteiger partial charge in [0.1, 0.15) is 12.4 Å². The molecule has 1 amide bonds. The van der Waals surface area contributed by atoms with Gasteiger partial charge in [-0.05, 0) is 29.8 Å². The lowest BCUT2D eigenvalue weighted by Gasteiger charge is -2.09. The first-order valence-electron chi connectivity index (χ1n) is 7.35. The van der Waals surface area contributed by atoms with E-state index in [0.29, 0.717) is 17.4 Å². The van der Waals surface area contributed by atoms with Crippen molar-refractivity contribution in [3.05, 3.63) is 64.7 Å². The molecule has 2 aromatic rings. The first kappa shape index (κ1) is 17.0. The molecule has 1 N–H and O–H groups in total. The third-order valence-corrected chi connectivity index (χ3v) is 3.38. The van der Waals surface area contributed by atoms with E-state index in [1.807, 2.05) is 62.4 Å². The summed E-state index contributed by atoms with van der Waals surface area (Å²) in [5.41, 5.74) is 4.32. The van der Waals surface area contributed by atoms with Crippen LogP contribution in [0.5, 0.6) is 5.75 Å². The maximum atomic E-state index is 11.5. The van der Waals surface area contributed by atoms with Gasteiger partial charge in [0.05, 0.1) is 6.21 Å². The van der Waals surface area contributed by atoms with Crippen LogP contribution in [0.2, 0.25) is 5.02 Å². The molecule has 0 fully saturated rings. The zero-order valence-electron chi connectivity index (χ0n) is 13.1. The molecule has 0 spiro atoms. The van der Waals surface area contributed by atoms with E-state index >= 15 is 0 Å². The summed E-state index contributed by atoms with van der Waals surface area (Å²) in [6.45, 7) is 4.06. The highest BCUT2D eigenvalue weighted by Crippen LogP contribution is 2.18. The molecule has 0 unspecified atom stereocenters. The van der Waals surface area contributed by atoms with Gasteiger partial charge in [-0.15, -0.1) is 0 Å². The number of hydrogen-bond acceptors (Lipinski definition) is 3. The van der Waals surface area contributed by atoms with E-state index in [1.165, 1.54) is 0 Å². The van der Waals surface area contributed by atoms with Crippen LogP contribution < -0.4 is 10.2 Å². The van der Waals surface area contributed by atoms with Gasteiger partial charge in [0, 0.05) is 16.5 Å². The maximum Gasteiger partial charge on any atom is 0.242 e. The fourth-order valence-corrected chi connectivity index (χ4v) is 1.88. The highest BCUT2D eigenvalue weighted by molar-refractivity contribution is 6.30. The lowest BCUT2D eigenvalue weighted by Crippen LogP contribution is -2.22.